The minimum Gasteiger partial charge on any atom is -0.379 e. The van der Waals surface area contributed by atoms with Gasteiger partial charge in [-0.15, -0.1) is 0 Å². The van der Waals surface area contributed by atoms with E-state index < -0.39 is 0 Å². The van der Waals surface area contributed by atoms with Crippen LogP contribution in [0.4, 0.5) is 0 Å². The van der Waals surface area contributed by atoms with Gasteiger partial charge in [-0.05, 0) is 5.56 Å². The Bertz CT molecular complexity index is 572. The average molecular weight is 328 g/mol. The minimum atomic E-state index is -0.234. The summed E-state index contributed by atoms with van der Waals surface area (Å²) in [6.45, 7) is 6.41. The molecule has 0 unspecified atom stereocenters. The fraction of sp³-hybridized carbons (Fsp3) is 0.556. The van der Waals surface area contributed by atoms with E-state index in [4.69, 9.17) is 4.74 Å². The van der Waals surface area contributed by atoms with Crippen LogP contribution in [0.5, 0.6) is 0 Å². The Labute approximate surface area is 143 Å². The largest absolute Gasteiger partial charge is 0.379 e. The van der Waals surface area contributed by atoms with E-state index in [2.05, 4.69) is 15.9 Å². The number of carbonyl (C=O) groups excluding carboxylic acids is 1. The molecule has 2 fully saturated rings. The number of piperazine rings is 1. The maximum Gasteiger partial charge on any atom is 0.236 e. The second kappa shape index (κ2) is 8.25. The predicted octanol–water partition coefficient (Wildman–Crippen LogP) is 0.728. The maximum atomic E-state index is 12.4. The molecule has 0 radical (unpaired) electrons. The highest BCUT2D eigenvalue weighted by molar-refractivity contribution is 5.78. The van der Waals surface area contributed by atoms with Crippen LogP contribution < -0.4 is 0 Å². The van der Waals surface area contributed by atoms with Crippen molar-refractivity contribution >= 4 is 5.91 Å². The van der Waals surface area contributed by atoms with E-state index in [1.807, 2.05) is 35.2 Å². The highest BCUT2D eigenvalue weighted by Crippen LogP contribution is 2.21. The van der Waals surface area contributed by atoms with Crippen LogP contribution in [0.15, 0.2) is 30.3 Å². The highest BCUT2D eigenvalue weighted by Gasteiger charge is 2.27. The summed E-state index contributed by atoms with van der Waals surface area (Å²) in [5.74, 6) is 0.185. The van der Waals surface area contributed by atoms with Gasteiger partial charge in [0.2, 0.25) is 5.91 Å². The van der Waals surface area contributed by atoms with E-state index in [-0.39, 0.29) is 11.9 Å². The van der Waals surface area contributed by atoms with Crippen LogP contribution in [-0.4, -0.2) is 79.6 Å². The molecule has 0 aliphatic carbocycles. The van der Waals surface area contributed by atoms with E-state index in [0.717, 1.165) is 31.7 Å². The standard InChI is InChI=1S/C18H24N4O2/c19-14-17(16-4-2-1-3-5-16)21-6-8-22(9-7-21)18(23)15-20-10-12-24-13-11-20/h1-5,17H,6-13,15H2/t17-/m1/s1. The van der Waals surface area contributed by atoms with Crippen molar-refractivity contribution in [2.75, 3.05) is 59.0 Å². The van der Waals surface area contributed by atoms with Gasteiger partial charge in [-0.1, -0.05) is 30.3 Å². The van der Waals surface area contributed by atoms with Crippen molar-refractivity contribution < 1.29 is 9.53 Å². The molecule has 2 aliphatic rings. The molecule has 0 aromatic heterocycles. The molecular weight excluding hydrogens is 304 g/mol. The molecule has 6 nitrogen and oxygen atoms in total. The molecule has 0 N–H and O–H groups in total. The van der Waals surface area contributed by atoms with Gasteiger partial charge in [0, 0.05) is 39.3 Å². The van der Waals surface area contributed by atoms with Crippen LogP contribution in [0.25, 0.3) is 0 Å². The number of hydrogen-bond acceptors (Lipinski definition) is 5. The first-order valence-electron chi connectivity index (χ1n) is 8.54. The predicted molar refractivity (Wildman–Crippen MR) is 90.2 cm³/mol. The lowest BCUT2D eigenvalue weighted by molar-refractivity contribution is -0.135. The lowest BCUT2D eigenvalue weighted by Gasteiger charge is -2.38. The fourth-order valence-corrected chi connectivity index (χ4v) is 3.28. The number of amides is 1. The van der Waals surface area contributed by atoms with Crippen molar-refractivity contribution in [1.29, 1.82) is 5.26 Å². The first-order valence-corrected chi connectivity index (χ1v) is 8.54. The Morgan fingerprint density at radius 1 is 1.08 bits per heavy atom. The maximum absolute atomic E-state index is 12.4. The second-order valence-electron chi connectivity index (χ2n) is 6.25. The summed E-state index contributed by atoms with van der Waals surface area (Å²) >= 11 is 0. The van der Waals surface area contributed by atoms with Crippen molar-refractivity contribution in [3.63, 3.8) is 0 Å². The molecule has 6 heteroatoms. The van der Waals surface area contributed by atoms with Gasteiger partial charge < -0.3 is 9.64 Å². The molecule has 128 valence electrons. The topological polar surface area (TPSA) is 59.8 Å². The molecule has 24 heavy (non-hydrogen) atoms. The Hall–Kier alpha value is -1.94. The summed E-state index contributed by atoms with van der Waals surface area (Å²) in [7, 11) is 0. The van der Waals surface area contributed by atoms with Gasteiger partial charge in [-0.25, -0.2) is 0 Å². The minimum absolute atomic E-state index is 0.185. The molecule has 1 aromatic rings. The number of ether oxygens (including phenoxy) is 1. The van der Waals surface area contributed by atoms with Crippen molar-refractivity contribution in [3.05, 3.63) is 35.9 Å². The molecule has 1 atom stereocenters. The van der Waals surface area contributed by atoms with Crippen molar-refractivity contribution in [2.24, 2.45) is 0 Å². The second-order valence-corrected chi connectivity index (χ2v) is 6.25. The van der Waals surface area contributed by atoms with Crippen LogP contribution in [-0.2, 0) is 9.53 Å². The van der Waals surface area contributed by atoms with Gasteiger partial charge in [-0.3, -0.25) is 14.6 Å². The molecule has 2 aliphatic heterocycles. The Morgan fingerprint density at radius 3 is 2.38 bits per heavy atom. The number of carbonyl (C=O) groups is 1. The summed E-state index contributed by atoms with van der Waals surface area (Å²) in [5, 5.41) is 9.53. The lowest BCUT2D eigenvalue weighted by atomic mass is 10.1. The van der Waals surface area contributed by atoms with E-state index >= 15 is 0 Å². The third-order valence-corrected chi connectivity index (χ3v) is 4.73. The number of nitriles is 1. The first kappa shape index (κ1) is 16.9. The zero-order valence-electron chi connectivity index (χ0n) is 13.9. The lowest BCUT2D eigenvalue weighted by Crippen LogP contribution is -2.52. The summed E-state index contributed by atoms with van der Waals surface area (Å²) in [5.41, 5.74) is 1.02. The monoisotopic (exact) mass is 328 g/mol. The molecule has 0 bridgehead atoms. The molecule has 2 saturated heterocycles. The number of hydrogen-bond donors (Lipinski definition) is 0. The molecule has 2 heterocycles. The summed E-state index contributed by atoms with van der Waals surface area (Å²) in [6, 6.07) is 12.0. The molecule has 1 amide bonds. The van der Waals surface area contributed by atoms with Crippen LogP contribution in [0.3, 0.4) is 0 Å². The number of morpholine rings is 1. The van der Waals surface area contributed by atoms with Gasteiger partial charge in [-0.2, -0.15) is 5.26 Å². The first-order chi connectivity index (χ1) is 11.8. The van der Waals surface area contributed by atoms with Crippen molar-refractivity contribution in [3.8, 4) is 6.07 Å². The summed E-state index contributed by atoms with van der Waals surface area (Å²) in [4.78, 5) is 18.7. The third kappa shape index (κ3) is 4.12. The van der Waals surface area contributed by atoms with E-state index in [9.17, 15) is 10.1 Å². The average Bonchev–Trinajstić information content (AvgIpc) is 2.65. The van der Waals surface area contributed by atoms with Crippen molar-refractivity contribution in [2.45, 2.75) is 6.04 Å². The molecular formula is C18H24N4O2. The zero-order chi connectivity index (χ0) is 16.8. The van der Waals surface area contributed by atoms with Crippen molar-refractivity contribution in [1.82, 2.24) is 14.7 Å². The summed E-state index contributed by atoms with van der Waals surface area (Å²) in [6.07, 6.45) is 0. The van der Waals surface area contributed by atoms with Crippen LogP contribution >= 0.6 is 0 Å². The van der Waals surface area contributed by atoms with Gasteiger partial charge in [0.1, 0.15) is 6.04 Å². The van der Waals surface area contributed by atoms with E-state index in [1.54, 1.807) is 0 Å². The smallest absolute Gasteiger partial charge is 0.236 e. The number of rotatable bonds is 4. The van der Waals surface area contributed by atoms with Gasteiger partial charge >= 0.3 is 0 Å². The van der Waals surface area contributed by atoms with Gasteiger partial charge in [0.05, 0.1) is 25.8 Å². The van der Waals surface area contributed by atoms with Crippen LogP contribution in [0, 0.1) is 11.3 Å². The Morgan fingerprint density at radius 2 is 1.75 bits per heavy atom. The number of nitrogens with zero attached hydrogens (tertiary/aromatic N) is 4. The molecule has 0 spiro atoms. The molecule has 0 saturated carbocycles. The van der Waals surface area contributed by atoms with Crippen LogP contribution in [0.2, 0.25) is 0 Å². The highest BCUT2D eigenvalue weighted by atomic mass is 16.5. The fourth-order valence-electron chi connectivity index (χ4n) is 3.28. The molecule has 3 rings (SSSR count). The van der Waals surface area contributed by atoms with E-state index in [0.29, 0.717) is 32.8 Å². The normalized spacial score (nSPS) is 21.2. The SMILES string of the molecule is N#C[C@H](c1ccccc1)N1CCN(C(=O)CN2CCOCC2)CC1. The zero-order valence-corrected chi connectivity index (χ0v) is 13.9. The Kier molecular flexibility index (Phi) is 5.81. The van der Waals surface area contributed by atoms with Gasteiger partial charge in [0.15, 0.2) is 0 Å². The summed E-state index contributed by atoms with van der Waals surface area (Å²) < 4.78 is 5.32. The number of benzene rings is 1. The molecule has 1 aromatic carbocycles. The van der Waals surface area contributed by atoms with E-state index in [1.165, 1.54) is 0 Å². The third-order valence-electron chi connectivity index (χ3n) is 4.73. The van der Waals surface area contributed by atoms with Crippen LogP contribution in [0.1, 0.15) is 11.6 Å². The Balaban J connectivity index is 1.51. The quantitative estimate of drug-likeness (QED) is 0.815. The van der Waals surface area contributed by atoms with Gasteiger partial charge in [0.25, 0.3) is 0 Å².